The topological polar surface area (TPSA) is 69.5 Å². The van der Waals surface area contributed by atoms with E-state index in [0.717, 1.165) is 23.2 Å². The fourth-order valence-corrected chi connectivity index (χ4v) is 3.80. The van der Waals surface area contributed by atoms with Gasteiger partial charge in [0.25, 0.3) is 5.91 Å². The summed E-state index contributed by atoms with van der Waals surface area (Å²) in [6.07, 6.45) is 5.76. The number of aromatic nitrogens is 3. The van der Waals surface area contributed by atoms with Gasteiger partial charge in [-0.25, -0.2) is 0 Å². The van der Waals surface area contributed by atoms with Gasteiger partial charge < -0.3 is 14.4 Å². The number of aryl methyl sites for hydroxylation is 1. The van der Waals surface area contributed by atoms with Gasteiger partial charge in [0, 0.05) is 37.7 Å². The highest BCUT2D eigenvalue weighted by atomic mass is 16.5. The lowest BCUT2D eigenvalue weighted by Crippen LogP contribution is -2.41. The van der Waals surface area contributed by atoms with Gasteiger partial charge in [-0.05, 0) is 47.9 Å². The number of carbonyl (C=O) groups is 1. The van der Waals surface area contributed by atoms with Crippen molar-refractivity contribution in [2.24, 2.45) is 7.05 Å². The third-order valence-electron chi connectivity index (χ3n) is 5.20. The molecular weight excluding hydrogens is 356 g/mol. The molecule has 0 fully saturated rings. The smallest absolute Gasteiger partial charge is 0.254 e. The van der Waals surface area contributed by atoms with E-state index in [0.29, 0.717) is 23.6 Å². The Kier molecular flexibility index (Phi) is 4.73. The number of nitrogens with zero attached hydrogens (tertiary/aromatic N) is 4. The third-order valence-corrected chi connectivity index (χ3v) is 5.20. The SMILES string of the molecule is COc1cc2c(cc1OC)[C@H](c1ccnn1C)N(C(=O)c1ccncc1)CC2. The molecule has 4 rings (SSSR count). The van der Waals surface area contributed by atoms with Crippen LogP contribution in [-0.4, -0.2) is 46.3 Å². The van der Waals surface area contributed by atoms with Crippen molar-refractivity contribution >= 4 is 5.91 Å². The molecule has 0 unspecified atom stereocenters. The molecular formula is C21H22N4O3. The lowest BCUT2D eigenvalue weighted by atomic mass is 9.89. The van der Waals surface area contributed by atoms with Crippen LogP contribution in [0.2, 0.25) is 0 Å². The van der Waals surface area contributed by atoms with Crippen molar-refractivity contribution in [1.82, 2.24) is 19.7 Å². The van der Waals surface area contributed by atoms with Crippen LogP contribution >= 0.6 is 0 Å². The lowest BCUT2D eigenvalue weighted by Gasteiger charge is -2.38. The molecule has 1 atom stereocenters. The van der Waals surface area contributed by atoms with Crippen molar-refractivity contribution in [1.29, 1.82) is 0 Å². The van der Waals surface area contributed by atoms with Gasteiger partial charge >= 0.3 is 0 Å². The van der Waals surface area contributed by atoms with E-state index in [1.807, 2.05) is 34.8 Å². The third kappa shape index (κ3) is 2.98. The molecule has 28 heavy (non-hydrogen) atoms. The second kappa shape index (κ2) is 7.34. The molecule has 1 aliphatic rings. The summed E-state index contributed by atoms with van der Waals surface area (Å²) in [4.78, 5) is 19.2. The average Bonchev–Trinajstić information content (AvgIpc) is 3.17. The Hall–Kier alpha value is -3.35. The van der Waals surface area contributed by atoms with Crippen molar-refractivity contribution < 1.29 is 14.3 Å². The molecule has 0 bridgehead atoms. The Morgan fingerprint density at radius 2 is 1.79 bits per heavy atom. The Labute approximate surface area is 163 Å². The number of ether oxygens (including phenoxy) is 2. The van der Waals surface area contributed by atoms with Gasteiger partial charge in [-0.3, -0.25) is 14.5 Å². The van der Waals surface area contributed by atoms with E-state index >= 15 is 0 Å². The first-order valence-corrected chi connectivity index (χ1v) is 9.07. The zero-order chi connectivity index (χ0) is 19.7. The van der Waals surface area contributed by atoms with Gasteiger partial charge in [-0.1, -0.05) is 0 Å². The minimum Gasteiger partial charge on any atom is -0.493 e. The van der Waals surface area contributed by atoms with Crippen LogP contribution in [0.1, 0.15) is 33.2 Å². The summed E-state index contributed by atoms with van der Waals surface area (Å²) in [6.45, 7) is 0.597. The summed E-state index contributed by atoms with van der Waals surface area (Å²) in [7, 11) is 5.14. The number of rotatable bonds is 4. The zero-order valence-electron chi connectivity index (χ0n) is 16.1. The van der Waals surface area contributed by atoms with E-state index in [2.05, 4.69) is 10.1 Å². The highest BCUT2D eigenvalue weighted by Gasteiger charge is 2.35. The summed E-state index contributed by atoms with van der Waals surface area (Å²) in [6, 6.07) is 9.14. The highest BCUT2D eigenvalue weighted by Crippen LogP contribution is 2.41. The average molecular weight is 378 g/mol. The number of hydrogen-bond acceptors (Lipinski definition) is 5. The van der Waals surface area contributed by atoms with Crippen molar-refractivity contribution in [3.05, 3.63) is 71.3 Å². The van der Waals surface area contributed by atoms with Crippen molar-refractivity contribution in [3.8, 4) is 11.5 Å². The van der Waals surface area contributed by atoms with Crippen molar-refractivity contribution in [2.45, 2.75) is 12.5 Å². The van der Waals surface area contributed by atoms with E-state index in [1.54, 1.807) is 44.9 Å². The molecule has 7 nitrogen and oxygen atoms in total. The van der Waals surface area contributed by atoms with Crippen LogP contribution < -0.4 is 9.47 Å². The second-order valence-electron chi connectivity index (χ2n) is 6.67. The molecule has 2 aromatic heterocycles. The number of methoxy groups -OCH3 is 2. The molecule has 1 aromatic carbocycles. The number of fused-ring (bicyclic) bond motifs is 1. The van der Waals surface area contributed by atoms with E-state index in [4.69, 9.17) is 9.47 Å². The van der Waals surface area contributed by atoms with Gasteiger partial charge in [0.15, 0.2) is 11.5 Å². The maximum Gasteiger partial charge on any atom is 0.254 e. The fourth-order valence-electron chi connectivity index (χ4n) is 3.80. The van der Waals surface area contributed by atoms with Gasteiger partial charge in [0.1, 0.15) is 0 Å². The molecule has 0 saturated carbocycles. The summed E-state index contributed by atoms with van der Waals surface area (Å²) in [5.41, 5.74) is 3.72. The zero-order valence-corrected chi connectivity index (χ0v) is 16.1. The largest absolute Gasteiger partial charge is 0.493 e. The molecule has 144 valence electrons. The van der Waals surface area contributed by atoms with Gasteiger partial charge in [0.05, 0.1) is 26.0 Å². The minimum absolute atomic E-state index is 0.0333. The molecule has 0 radical (unpaired) electrons. The van der Waals surface area contributed by atoms with Gasteiger partial charge in [0.2, 0.25) is 0 Å². The lowest BCUT2D eigenvalue weighted by molar-refractivity contribution is 0.0688. The number of benzene rings is 1. The molecule has 0 spiro atoms. The van der Waals surface area contributed by atoms with Crippen LogP contribution in [-0.2, 0) is 13.5 Å². The number of pyridine rings is 1. The predicted octanol–water partition coefficient (Wildman–Crippen LogP) is 2.62. The quantitative estimate of drug-likeness (QED) is 0.698. The molecule has 0 saturated heterocycles. The van der Waals surface area contributed by atoms with E-state index in [1.165, 1.54) is 0 Å². The fraction of sp³-hybridized carbons (Fsp3) is 0.286. The first-order chi connectivity index (χ1) is 13.6. The summed E-state index contributed by atoms with van der Waals surface area (Å²) >= 11 is 0. The number of carbonyl (C=O) groups excluding carboxylic acids is 1. The molecule has 1 amide bonds. The molecule has 7 heteroatoms. The Bertz CT molecular complexity index is 1000. The van der Waals surface area contributed by atoms with Gasteiger partial charge in [-0.15, -0.1) is 0 Å². The molecule has 1 aliphatic heterocycles. The summed E-state index contributed by atoms with van der Waals surface area (Å²) in [5.74, 6) is 1.31. The number of amides is 1. The van der Waals surface area contributed by atoms with Crippen LogP contribution in [0.5, 0.6) is 11.5 Å². The van der Waals surface area contributed by atoms with Crippen molar-refractivity contribution in [3.63, 3.8) is 0 Å². The minimum atomic E-state index is -0.267. The van der Waals surface area contributed by atoms with Crippen LogP contribution in [0.4, 0.5) is 0 Å². The molecule has 0 N–H and O–H groups in total. The Morgan fingerprint density at radius 3 is 2.43 bits per heavy atom. The first kappa shape index (κ1) is 18.0. The molecule has 3 aromatic rings. The standard InChI is InChI=1S/C21H22N4O3/c1-24-17(6-10-23-24)20-16-13-19(28-3)18(27-2)12-15(16)7-11-25(20)21(26)14-4-8-22-9-5-14/h4-6,8-10,12-13,20H,7,11H2,1-3H3/t20-/m1/s1. The van der Waals surface area contributed by atoms with Crippen molar-refractivity contribution in [2.75, 3.05) is 20.8 Å². The highest BCUT2D eigenvalue weighted by molar-refractivity contribution is 5.94. The monoisotopic (exact) mass is 378 g/mol. The van der Waals surface area contributed by atoms with Crippen LogP contribution in [0.3, 0.4) is 0 Å². The molecule has 3 heterocycles. The molecule has 0 aliphatic carbocycles. The normalized spacial score (nSPS) is 15.8. The Balaban J connectivity index is 1.86. The summed E-state index contributed by atoms with van der Waals surface area (Å²) in [5, 5.41) is 4.32. The van der Waals surface area contributed by atoms with Crippen LogP contribution in [0.25, 0.3) is 0 Å². The van der Waals surface area contributed by atoms with Crippen LogP contribution in [0, 0.1) is 0 Å². The maximum atomic E-state index is 13.3. The number of hydrogen-bond donors (Lipinski definition) is 0. The first-order valence-electron chi connectivity index (χ1n) is 9.07. The summed E-state index contributed by atoms with van der Waals surface area (Å²) < 4.78 is 12.8. The van der Waals surface area contributed by atoms with Gasteiger partial charge in [-0.2, -0.15) is 5.10 Å². The van der Waals surface area contributed by atoms with E-state index in [9.17, 15) is 4.79 Å². The van der Waals surface area contributed by atoms with E-state index < -0.39 is 0 Å². The van der Waals surface area contributed by atoms with E-state index in [-0.39, 0.29) is 11.9 Å². The Morgan fingerprint density at radius 1 is 1.07 bits per heavy atom. The second-order valence-corrected chi connectivity index (χ2v) is 6.67. The maximum absolute atomic E-state index is 13.3. The van der Waals surface area contributed by atoms with Crippen LogP contribution in [0.15, 0.2) is 48.9 Å². The predicted molar refractivity (Wildman–Crippen MR) is 104 cm³/mol.